The van der Waals surface area contributed by atoms with Crippen molar-refractivity contribution in [1.82, 2.24) is 10.2 Å². The number of anilines is 1. The number of nitrogens with one attached hydrogen (secondary N) is 1. The van der Waals surface area contributed by atoms with E-state index in [0.717, 1.165) is 19.0 Å². The van der Waals surface area contributed by atoms with Gasteiger partial charge in [0.05, 0.1) is 0 Å². The molecule has 1 aromatic rings. The van der Waals surface area contributed by atoms with Crippen LogP contribution in [0.15, 0.2) is 12.1 Å². The molecule has 1 fully saturated rings. The van der Waals surface area contributed by atoms with Gasteiger partial charge in [-0.1, -0.05) is 13.3 Å². The fourth-order valence-electron chi connectivity index (χ4n) is 2.19. The Morgan fingerprint density at radius 2 is 2.00 bits per heavy atom. The Kier molecular flexibility index (Phi) is 3.45. The van der Waals surface area contributed by atoms with Crippen LogP contribution in [0.3, 0.4) is 0 Å². The number of hydrogen-bond acceptors (Lipinski definition) is 3. The molecule has 0 spiro atoms. The maximum absolute atomic E-state index is 12.3. The summed E-state index contributed by atoms with van der Waals surface area (Å²) < 4.78 is 36.9. The predicted octanol–water partition coefficient (Wildman–Crippen LogP) is 3.49. The van der Waals surface area contributed by atoms with E-state index in [1.54, 1.807) is 0 Å². The second-order valence-electron chi connectivity index (χ2n) is 4.86. The number of hydrogen-bond donors (Lipinski definition) is 1. The maximum atomic E-state index is 12.3. The highest BCUT2D eigenvalue weighted by molar-refractivity contribution is 5.33. The molecule has 18 heavy (non-hydrogen) atoms. The van der Waals surface area contributed by atoms with Crippen molar-refractivity contribution in [2.45, 2.75) is 38.8 Å². The molecule has 0 aromatic carbocycles. The molecule has 0 unspecified atom stereocenters. The molecule has 3 nitrogen and oxygen atoms in total. The van der Waals surface area contributed by atoms with Crippen LogP contribution in [0.1, 0.15) is 38.3 Å². The van der Waals surface area contributed by atoms with E-state index in [1.807, 2.05) is 0 Å². The largest absolute Gasteiger partial charge is 0.435 e. The summed E-state index contributed by atoms with van der Waals surface area (Å²) in [7, 11) is 0. The van der Waals surface area contributed by atoms with Crippen molar-refractivity contribution in [1.29, 1.82) is 0 Å². The smallest absolute Gasteiger partial charge is 0.368 e. The summed E-state index contributed by atoms with van der Waals surface area (Å²) in [5.41, 5.74) is -0.661. The molecule has 0 saturated heterocycles. The van der Waals surface area contributed by atoms with Crippen LogP contribution < -0.4 is 5.32 Å². The van der Waals surface area contributed by atoms with Crippen LogP contribution in [0.5, 0.6) is 0 Å². The second-order valence-corrected chi connectivity index (χ2v) is 4.86. The van der Waals surface area contributed by atoms with Crippen molar-refractivity contribution in [2.24, 2.45) is 5.41 Å². The van der Waals surface area contributed by atoms with Crippen molar-refractivity contribution in [3.63, 3.8) is 0 Å². The average molecular weight is 259 g/mol. The summed E-state index contributed by atoms with van der Waals surface area (Å²) in [5, 5.41) is 9.82. The van der Waals surface area contributed by atoms with E-state index in [0.29, 0.717) is 11.2 Å². The lowest BCUT2D eigenvalue weighted by molar-refractivity contribution is -0.141. The molecule has 1 aliphatic rings. The van der Waals surface area contributed by atoms with Crippen LogP contribution in [0.25, 0.3) is 0 Å². The molecule has 1 heterocycles. The van der Waals surface area contributed by atoms with Gasteiger partial charge in [0.15, 0.2) is 5.69 Å². The summed E-state index contributed by atoms with van der Waals surface area (Å²) >= 11 is 0. The summed E-state index contributed by atoms with van der Waals surface area (Å²) in [6.45, 7) is 2.89. The highest BCUT2D eigenvalue weighted by Crippen LogP contribution is 2.43. The molecule has 1 N–H and O–H groups in total. The third-order valence-corrected chi connectivity index (χ3v) is 3.76. The Balaban J connectivity index is 1.94. The number of nitrogens with zero attached hydrogens (tertiary/aromatic N) is 2. The Morgan fingerprint density at radius 1 is 1.28 bits per heavy atom. The standard InChI is InChI=1S/C12H16F3N3/c1-2-11(6-3-7-11)8-16-10-5-4-9(17-18-10)12(13,14)15/h4-5H,2-3,6-8H2,1H3,(H,16,18). The first-order chi connectivity index (χ1) is 8.45. The SMILES string of the molecule is CCC1(CNc2ccc(C(F)(F)F)nn2)CCC1. The van der Waals surface area contributed by atoms with E-state index in [-0.39, 0.29) is 0 Å². The third kappa shape index (κ3) is 2.73. The monoisotopic (exact) mass is 259 g/mol. The minimum Gasteiger partial charge on any atom is -0.368 e. The molecular weight excluding hydrogens is 243 g/mol. The van der Waals surface area contributed by atoms with Crippen molar-refractivity contribution >= 4 is 5.82 Å². The predicted molar refractivity (Wildman–Crippen MR) is 62.1 cm³/mol. The minimum absolute atomic E-state index is 0.296. The first-order valence-corrected chi connectivity index (χ1v) is 6.10. The normalized spacial score (nSPS) is 18.2. The zero-order valence-electron chi connectivity index (χ0n) is 10.2. The first kappa shape index (κ1) is 13.1. The van der Waals surface area contributed by atoms with Crippen molar-refractivity contribution < 1.29 is 13.2 Å². The lowest BCUT2D eigenvalue weighted by Gasteiger charge is -2.41. The highest BCUT2D eigenvalue weighted by atomic mass is 19.4. The van der Waals surface area contributed by atoms with Gasteiger partial charge in [0.1, 0.15) is 5.82 Å². The summed E-state index contributed by atoms with van der Waals surface area (Å²) in [5.74, 6) is 0.405. The van der Waals surface area contributed by atoms with Crippen LogP contribution in [0, 0.1) is 5.41 Å². The third-order valence-electron chi connectivity index (χ3n) is 3.76. The van der Waals surface area contributed by atoms with Crippen molar-refractivity contribution in [3.05, 3.63) is 17.8 Å². The molecule has 1 aromatic heterocycles. The van der Waals surface area contributed by atoms with Crippen LogP contribution in [-0.2, 0) is 6.18 Å². The minimum atomic E-state index is -4.43. The van der Waals surface area contributed by atoms with E-state index >= 15 is 0 Å². The fraction of sp³-hybridized carbons (Fsp3) is 0.667. The molecule has 100 valence electrons. The summed E-state index contributed by atoms with van der Waals surface area (Å²) in [6.07, 6.45) is 0.224. The van der Waals surface area contributed by atoms with Gasteiger partial charge in [-0.05, 0) is 36.8 Å². The van der Waals surface area contributed by atoms with Crippen molar-refractivity contribution in [2.75, 3.05) is 11.9 Å². The molecule has 0 radical (unpaired) electrons. The fourth-order valence-corrected chi connectivity index (χ4v) is 2.19. The van der Waals surface area contributed by atoms with Gasteiger partial charge in [0.25, 0.3) is 0 Å². The zero-order valence-corrected chi connectivity index (χ0v) is 10.2. The molecule has 0 atom stereocenters. The van der Waals surface area contributed by atoms with Gasteiger partial charge in [0, 0.05) is 6.54 Å². The van der Waals surface area contributed by atoms with E-state index < -0.39 is 11.9 Å². The molecular formula is C12H16F3N3. The van der Waals surface area contributed by atoms with E-state index in [1.165, 1.54) is 25.3 Å². The molecule has 1 aliphatic carbocycles. The Labute approximate surface area is 104 Å². The van der Waals surface area contributed by atoms with Gasteiger partial charge in [-0.15, -0.1) is 10.2 Å². The van der Waals surface area contributed by atoms with Gasteiger partial charge in [-0.3, -0.25) is 0 Å². The molecule has 6 heteroatoms. The quantitative estimate of drug-likeness (QED) is 0.899. The van der Waals surface area contributed by atoms with Crippen LogP contribution in [-0.4, -0.2) is 16.7 Å². The van der Waals surface area contributed by atoms with Crippen LogP contribution in [0.2, 0.25) is 0 Å². The molecule has 0 bridgehead atoms. The molecule has 0 amide bonds. The Bertz CT molecular complexity index is 391. The number of aromatic nitrogens is 2. The second kappa shape index (κ2) is 4.74. The van der Waals surface area contributed by atoms with E-state index in [2.05, 4.69) is 22.4 Å². The van der Waals surface area contributed by atoms with E-state index in [9.17, 15) is 13.2 Å². The van der Waals surface area contributed by atoms with Gasteiger partial charge >= 0.3 is 6.18 Å². The average Bonchev–Trinajstić information content (AvgIpc) is 2.28. The Hall–Kier alpha value is -1.33. The van der Waals surface area contributed by atoms with E-state index in [4.69, 9.17) is 0 Å². The first-order valence-electron chi connectivity index (χ1n) is 6.10. The molecule has 2 rings (SSSR count). The number of rotatable bonds is 4. The highest BCUT2D eigenvalue weighted by Gasteiger charge is 2.35. The van der Waals surface area contributed by atoms with Gasteiger partial charge in [-0.2, -0.15) is 13.2 Å². The summed E-state index contributed by atoms with van der Waals surface area (Å²) in [4.78, 5) is 0. The topological polar surface area (TPSA) is 37.8 Å². The number of alkyl halides is 3. The maximum Gasteiger partial charge on any atom is 0.435 e. The molecule has 1 saturated carbocycles. The van der Waals surface area contributed by atoms with Crippen LogP contribution in [0.4, 0.5) is 19.0 Å². The zero-order chi connectivity index (χ0) is 13.2. The molecule has 0 aliphatic heterocycles. The van der Waals surface area contributed by atoms with Gasteiger partial charge in [-0.25, -0.2) is 0 Å². The van der Waals surface area contributed by atoms with Gasteiger partial charge < -0.3 is 5.32 Å². The van der Waals surface area contributed by atoms with Crippen molar-refractivity contribution in [3.8, 4) is 0 Å². The van der Waals surface area contributed by atoms with Gasteiger partial charge in [0.2, 0.25) is 0 Å². The lowest BCUT2D eigenvalue weighted by Crippen LogP contribution is -2.36. The number of halogens is 3. The summed E-state index contributed by atoms with van der Waals surface area (Å²) in [6, 6.07) is 2.28. The van der Waals surface area contributed by atoms with Crippen LogP contribution >= 0.6 is 0 Å². The Morgan fingerprint density at radius 3 is 2.39 bits per heavy atom. The lowest BCUT2D eigenvalue weighted by atomic mass is 9.67.